The maximum absolute atomic E-state index is 12.6. The zero-order chi connectivity index (χ0) is 21.4. The fourth-order valence-electron chi connectivity index (χ4n) is 2.99. The third-order valence-electron chi connectivity index (χ3n) is 4.46. The van der Waals surface area contributed by atoms with Crippen molar-refractivity contribution in [3.63, 3.8) is 0 Å². The number of benzene rings is 1. The second-order valence-electron chi connectivity index (χ2n) is 6.53. The van der Waals surface area contributed by atoms with Crippen LogP contribution >= 0.6 is 0 Å². The average Bonchev–Trinajstić information content (AvgIpc) is 3.39. The molecule has 1 aliphatic rings. The highest BCUT2D eigenvalue weighted by Gasteiger charge is 2.38. The van der Waals surface area contributed by atoms with Gasteiger partial charge >= 0.3 is 12.1 Å². The van der Waals surface area contributed by atoms with E-state index >= 15 is 0 Å². The van der Waals surface area contributed by atoms with E-state index in [4.69, 9.17) is 4.74 Å². The third-order valence-corrected chi connectivity index (χ3v) is 6.31. The second-order valence-corrected chi connectivity index (χ2v) is 8.46. The Morgan fingerprint density at radius 2 is 1.93 bits per heavy atom. The van der Waals surface area contributed by atoms with Crippen molar-refractivity contribution in [2.45, 2.75) is 23.6 Å². The van der Waals surface area contributed by atoms with Crippen molar-refractivity contribution in [3.8, 4) is 17.1 Å². The molecule has 3 heterocycles. The smallest absolute Gasteiger partial charge is 0.471 e. The van der Waals surface area contributed by atoms with Crippen molar-refractivity contribution in [3.05, 3.63) is 54.7 Å². The van der Waals surface area contributed by atoms with Crippen LogP contribution in [0.3, 0.4) is 0 Å². The van der Waals surface area contributed by atoms with Crippen LogP contribution in [-0.4, -0.2) is 47.0 Å². The van der Waals surface area contributed by atoms with Gasteiger partial charge in [-0.2, -0.15) is 22.5 Å². The lowest BCUT2D eigenvalue weighted by Gasteiger charge is -2.17. The molecule has 30 heavy (non-hydrogen) atoms. The SMILES string of the molecule is O=S(=O)(c1cccnc1)N1CC[C@H](Oc2ccc(-c3noc(C(F)(F)F)n3)cc2)C1. The summed E-state index contributed by atoms with van der Waals surface area (Å²) in [5.74, 6) is -1.16. The molecular weight excluding hydrogens is 425 g/mol. The first kappa shape index (κ1) is 20.3. The minimum atomic E-state index is -4.71. The minimum absolute atomic E-state index is 0.119. The lowest BCUT2D eigenvalue weighted by atomic mass is 10.2. The second kappa shape index (κ2) is 7.69. The van der Waals surface area contributed by atoms with Crippen LogP contribution in [0.1, 0.15) is 12.3 Å². The van der Waals surface area contributed by atoms with Crippen molar-refractivity contribution < 1.29 is 30.8 Å². The van der Waals surface area contributed by atoms with Crippen molar-refractivity contribution in [2.75, 3.05) is 13.1 Å². The highest BCUT2D eigenvalue weighted by Crippen LogP contribution is 2.30. The molecule has 1 saturated heterocycles. The first-order chi connectivity index (χ1) is 14.2. The van der Waals surface area contributed by atoms with Gasteiger partial charge < -0.3 is 9.26 Å². The molecule has 0 bridgehead atoms. The number of sulfonamides is 1. The maximum atomic E-state index is 12.6. The number of alkyl halides is 3. The molecule has 12 heteroatoms. The van der Waals surface area contributed by atoms with Gasteiger partial charge in [0.25, 0.3) is 0 Å². The summed E-state index contributed by atoms with van der Waals surface area (Å²) in [6.07, 6.45) is -1.77. The van der Waals surface area contributed by atoms with Crippen LogP contribution in [0, 0.1) is 0 Å². The summed E-state index contributed by atoms with van der Waals surface area (Å²) in [4.78, 5) is 7.29. The van der Waals surface area contributed by atoms with Crippen LogP contribution in [0.5, 0.6) is 5.75 Å². The Hall–Kier alpha value is -2.99. The fourth-order valence-corrected chi connectivity index (χ4v) is 4.44. The van der Waals surface area contributed by atoms with E-state index in [2.05, 4.69) is 19.6 Å². The lowest BCUT2D eigenvalue weighted by molar-refractivity contribution is -0.159. The summed E-state index contributed by atoms with van der Waals surface area (Å²) in [6.45, 7) is 0.488. The van der Waals surface area contributed by atoms with Gasteiger partial charge in [-0.1, -0.05) is 5.16 Å². The number of ether oxygens (including phenoxy) is 1. The predicted molar refractivity (Wildman–Crippen MR) is 96.8 cm³/mol. The predicted octanol–water partition coefficient (Wildman–Crippen LogP) is 2.99. The van der Waals surface area contributed by atoms with Gasteiger partial charge in [-0.25, -0.2) is 8.42 Å². The van der Waals surface area contributed by atoms with Crippen LogP contribution in [0.15, 0.2) is 58.2 Å². The number of rotatable bonds is 5. The molecule has 0 N–H and O–H groups in total. The molecule has 0 spiro atoms. The molecular formula is C18H15F3N4O4S. The van der Waals surface area contributed by atoms with Gasteiger partial charge in [-0.05, 0) is 42.8 Å². The summed E-state index contributed by atoms with van der Waals surface area (Å²) < 4.78 is 74.3. The van der Waals surface area contributed by atoms with Gasteiger partial charge in [0.1, 0.15) is 16.7 Å². The zero-order valence-corrected chi connectivity index (χ0v) is 16.1. The molecule has 1 aromatic carbocycles. The average molecular weight is 440 g/mol. The van der Waals surface area contributed by atoms with E-state index in [1.165, 1.54) is 34.9 Å². The molecule has 0 unspecified atom stereocenters. The Labute approximate surface area is 169 Å². The molecule has 0 amide bonds. The Bertz CT molecular complexity index is 1120. The van der Waals surface area contributed by atoms with Crippen LogP contribution in [0.2, 0.25) is 0 Å². The lowest BCUT2D eigenvalue weighted by Crippen LogP contribution is -2.31. The molecule has 1 fully saturated rings. The largest absolute Gasteiger partial charge is 0.489 e. The Morgan fingerprint density at radius 1 is 1.17 bits per heavy atom. The van der Waals surface area contributed by atoms with Gasteiger partial charge in [-0.3, -0.25) is 4.98 Å². The molecule has 4 rings (SSSR count). The van der Waals surface area contributed by atoms with E-state index in [0.717, 1.165) is 0 Å². The summed E-state index contributed by atoms with van der Waals surface area (Å²) in [7, 11) is -3.64. The van der Waals surface area contributed by atoms with Crippen molar-refractivity contribution in [1.82, 2.24) is 19.4 Å². The van der Waals surface area contributed by atoms with Gasteiger partial charge in [-0.15, -0.1) is 0 Å². The van der Waals surface area contributed by atoms with Crippen LogP contribution < -0.4 is 4.74 Å². The Kier molecular flexibility index (Phi) is 5.20. The van der Waals surface area contributed by atoms with Crippen molar-refractivity contribution in [2.24, 2.45) is 0 Å². The number of hydrogen-bond acceptors (Lipinski definition) is 7. The monoisotopic (exact) mass is 440 g/mol. The number of halogens is 3. The van der Waals surface area contributed by atoms with E-state index in [1.54, 1.807) is 18.2 Å². The van der Waals surface area contributed by atoms with Gasteiger partial charge in [0, 0.05) is 24.5 Å². The fraction of sp³-hybridized carbons (Fsp3) is 0.278. The summed E-state index contributed by atoms with van der Waals surface area (Å²) >= 11 is 0. The highest BCUT2D eigenvalue weighted by atomic mass is 32.2. The third kappa shape index (κ3) is 4.14. The maximum Gasteiger partial charge on any atom is 0.471 e. The first-order valence-electron chi connectivity index (χ1n) is 8.82. The summed E-state index contributed by atoms with van der Waals surface area (Å²) in [5.41, 5.74) is 0.328. The van der Waals surface area contributed by atoms with Gasteiger partial charge in [0.2, 0.25) is 15.8 Å². The summed E-state index contributed by atoms with van der Waals surface area (Å²) in [6, 6.07) is 9.14. The van der Waals surface area contributed by atoms with E-state index in [9.17, 15) is 21.6 Å². The number of hydrogen-bond donors (Lipinski definition) is 0. The molecule has 158 valence electrons. The van der Waals surface area contributed by atoms with E-state index in [1.807, 2.05) is 0 Å². The van der Waals surface area contributed by atoms with Crippen molar-refractivity contribution in [1.29, 1.82) is 0 Å². The van der Waals surface area contributed by atoms with Gasteiger partial charge in [0.05, 0.1) is 6.54 Å². The molecule has 0 radical (unpaired) electrons. The quantitative estimate of drug-likeness (QED) is 0.602. The molecule has 1 aliphatic heterocycles. The topological polar surface area (TPSA) is 98.4 Å². The molecule has 8 nitrogen and oxygen atoms in total. The normalized spacial score (nSPS) is 17.9. The Morgan fingerprint density at radius 3 is 2.57 bits per heavy atom. The first-order valence-corrected chi connectivity index (χ1v) is 10.3. The molecule has 2 aromatic heterocycles. The van der Waals surface area contributed by atoms with E-state index < -0.39 is 22.1 Å². The molecule has 1 atom stereocenters. The van der Waals surface area contributed by atoms with Crippen molar-refractivity contribution >= 4 is 10.0 Å². The summed E-state index contributed by atoms with van der Waals surface area (Å²) in [5, 5.41) is 3.33. The van der Waals surface area contributed by atoms with Crippen LogP contribution in [0.25, 0.3) is 11.4 Å². The van der Waals surface area contributed by atoms with E-state index in [0.29, 0.717) is 24.3 Å². The number of pyridine rings is 1. The highest BCUT2D eigenvalue weighted by molar-refractivity contribution is 7.89. The zero-order valence-electron chi connectivity index (χ0n) is 15.3. The standard InChI is InChI=1S/C18H15F3N4O4S/c19-18(20,21)17-23-16(24-29-17)12-3-5-13(6-4-12)28-14-7-9-25(11-14)30(26,27)15-2-1-8-22-10-15/h1-6,8,10,14H,7,9,11H2/t14-/m0/s1. The molecule has 0 aliphatic carbocycles. The van der Waals surface area contributed by atoms with Gasteiger partial charge in [0.15, 0.2) is 0 Å². The van der Waals surface area contributed by atoms with E-state index in [-0.39, 0.29) is 23.4 Å². The number of aromatic nitrogens is 3. The Balaban J connectivity index is 1.40. The molecule has 0 saturated carbocycles. The van der Waals surface area contributed by atoms with Crippen LogP contribution in [0.4, 0.5) is 13.2 Å². The minimum Gasteiger partial charge on any atom is -0.489 e. The molecule has 3 aromatic rings. The van der Waals surface area contributed by atoms with Crippen LogP contribution in [-0.2, 0) is 16.2 Å². The number of nitrogens with zero attached hydrogens (tertiary/aromatic N) is 4.